The smallest absolute Gasteiger partial charge is 0.225 e. The Bertz CT molecular complexity index is 717. The zero-order valence-corrected chi connectivity index (χ0v) is 16.8. The van der Waals surface area contributed by atoms with Gasteiger partial charge < -0.3 is 15.1 Å². The van der Waals surface area contributed by atoms with Gasteiger partial charge in [0.2, 0.25) is 5.95 Å². The summed E-state index contributed by atoms with van der Waals surface area (Å²) in [5.41, 5.74) is 1.18. The molecule has 142 valence electrons. The molecule has 0 amide bonds. The highest BCUT2D eigenvalue weighted by Crippen LogP contribution is 2.28. The molecule has 0 atom stereocenters. The van der Waals surface area contributed by atoms with Crippen LogP contribution in [0, 0.1) is 5.41 Å². The van der Waals surface area contributed by atoms with E-state index in [-0.39, 0.29) is 5.41 Å². The van der Waals surface area contributed by atoms with Crippen LogP contribution in [0.4, 0.5) is 11.8 Å². The Balaban J connectivity index is 1.87. The first-order chi connectivity index (χ1) is 12.4. The van der Waals surface area contributed by atoms with Crippen molar-refractivity contribution in [3.63, 3.8) is 0 Å². The van der Waals surface area contributed by atoms with Gasteiger partial charge in [-0.3, -0.25) is 0 Å². The number of anilines is 2. The minimum Gasteiger partial charge on any atom is -0.356 e. The van der Waals surface area contributed by atoms with E-state index in [1.807, 2.05) is 0 Å². The highest BCUT2D eigenvalue weighted by atomic mass is 15.2. The topological polar surface area (TPSA) is 44.3 Å². The maximum atomic E-state index is 4.94. The van der Waals surface area contributed by atoms with E-state index in [4.69, 9.17) is 9.97 Å². The molecule has 5 nitrogen and oxygen atoms in total. The third-order valence-corrected chi connectivity index (χ3v) is 4.96. The van der Waals surface area contributed by atoms with Crippen LogP contribution in [0.1, 0.15) is 39.5 Å². The molecule has 1 aliphatic rings. The van der Waals surface area contributed by atoms with Crippen LogP contribution in [0.25, 0.3) is 10.9 Å². The number of nitrogens with one attached hydrogen (secondary N) is 1. The summed E-state index contributed by atoms with van der Waals surface area (Å²) in [6, 6.07) is 8.38. The SMILES string of the molecule is CN(C)CC(C)(C)CNc1nc(N2CCCCCC2)c2ccccc2n1. The summed E-state index contributed by atoms with van der Waals surface area (Å²) in [5.74, 6) is 1.83. The molecule has 1 aromatic heterocycles. The summed E-state index contributed by atoms with van der Waals surface area (Å²) in [7, 11) is 4.23. The number of hydrogen-bond donors (Lipinski definition) is 1. The van der Waals surface area contributed by atoms with Crippen LogP contribution < -0.4 is 10.2 Å². The van der Waals surface area contributed by atoms with E-state index in [1.54, 1.807) is 0 Å². The van der Waals surface area contributed by atoms with Crippen molar-refractivity contribution >= 4 is 22.7 Å². The summed E-state index contributed by atoms with van der Waals surface area (Å²) in [5, 5.41) is 4.66. The minimum atomic E-state index is 0.154. The Kier molecular flexibility index (Phi) is 5.97. The van der Waals surface area contributed by atoms with Gasteiger partial charge in [0, 0.05) is 31.6 Å². The number of para-hydroxylation sites is 1. The monoisotopic (exact) mass is 355 g/mol. The van der Waals surface area contributed by atoms with Crippen molar-refractivity contribution in [2.24, 2.45) is 5.41 Å². The molecule has 0 aliphatic carbocycles. The Morgan fingerprint density at radius 2 is 1.73 bits per heavy atom. The van der Waals surface area contributed by atoms with Crippen molar-refractivity contribution in [3.8, 4) is 0 Å². The fourth-order valence-corrected chi connectivity index (χ4v) is 3.89. The van der Waals surface area contributed by atoms with Crippen LogP contribution in [0.3, 0.4) is 0 Å². The Labute approximate surface area is 157 Å². The van der Waals surface area contributed by atoms with Gasteiger partial charge in [-0.1, -0.05) is 38.8 Å². The van der Waals surface area contributed by atoms with Crippen LogP contribution in [0.5, 0.6) is 0 Å². The quantitative estimate of drug-likeness (QED) is 0.848. The standard InChI is InChI=1S/C21H33N5/c1-21(2,16-25(3)4)15-22-20-23-18-12-8-7-11-17(18)19(24-20)26-13-9-5-6-10-14-26/h7-8,11-12H,5-6,9-10,13-16H2,1-4H3,(H,22,23,24). The second-order valence-corrected chi connectivity index (χ2v) is 8.54. The molecule has 0 radical (unpaired) electrons. The number of aromatic nitrogens is 2. The lowest BCUT2D eigenvalue weighted by molar-refractivity contribution is 0.254. The predicted molar refractivity (Wildman–Crippen MR) is 111 cm³/mol. The third-order valence-electron chi connectivity index (χ3n) is 4.96. The summed E-state index contributed by atoms with van der Waals surface area (Å²) < 4.78 is 0. The molecule has 2 aromatic rings. The van der Waals surface area contributed by atoms with Gasteiger partial charge in [0.25, 0.3) is 0 Å². The predicted octanol–water partition coefficient (Wildman–Crippen LogP) is 4.01. The van der Waals surface area contributed by atoms with Crippen LogP contribution in [0.2, 0.25) is 0 Å². The second-order valence-electron chi connectivity index (χ2n) is 8.54. The minimum absolute atomic E-state index is 0.154. The third kappa shape index (κ3) is 4.85. The number of fused-ring (bicyclic) bond motifs is 1. The second kappa shape index (κ2) is 8.21. The van der Waals surface area contributed by atoms with E-state index in [2.05, 4.69) is 67.3 Å². The van der Waals surface area contributed by atoms with Crippen molar-refractivity contribution in [1.82, 2.24) is 14.9 Å². The van der Waals surface area contributed by atoms with Gasteiger partial charge >= 0.3 is 0 Å². The van der Waals surface area contributed by atoms with Crippen molar-refractivity contribution < 1.29 is 0 Å². The summed E-state index contributed by atoms with van der Waals surface area (Å²) >= 11 is 0. The van der Waals surface area contributed by atoms with Gasteiger partial charge in [-0.15, -0.1) is 0 Å². The molecule has 5 heteroatoms. The van der Waals surface area contributed by atoms with Gasteiger partial charge in [0.05, 0.1) is 5.52 Å². The summed E-state index contributed by atoms with van der Waals surface area (Å²) in [6.07, 6.45) is 5.14. The van der Waals surface area contributed by atoms with Crippen LogP contribution >= 0.6 is 0 Å². The number of benzene rings is 1. The highest BCUT2D eigenvalue weighted by Gasteiger charge is 2.20. The molecule has 3 rings (SSSR count). The molecular weight excluding hydrogens is 322 g/mol. The van der Waals surface area contributed by atoms with Gasteiger partial charge in [-0.05, 0) is 44.5 Å². The molecule has 1 aliphatic heterocycles. The molecule has 0 unspecified atom stereocenters. The largest absolute Gasteiger partial charge is 0.356 e. The first-order valence-corrected chi connectivity index (χ1v) is 9.85. The molecule has 1 aromatic carbocycles. The average molecular weight is 356 g/mol. The lowest BCUT2D eigenvalue weighted by Crippen LogP contribution is -2.34. The summed E-state index contributed by atoms with van der Waals surface area (Å²) in [6.45, 7) is 8.60. The average Bonchev–Trinajstić information content (AvgIpc) is 2.87. The van der Waals surface area contributed by atoms with E-state index in [1.165, 1.54) is 25.7 Å². The fourth-order valence-electron chi connectivity index (χ4n) is 3.89. The van der Waals surface area contributed by atoms with Gasteiger partial charge in [0.15, 0.2) is 0 Å². The molecule has 26 heavy (non-hydrogen) atoms. The van der Waals surface area contributed by atoms with E-state index in [0.717, 1.165) is 48.8 Å². The van der Waals surface area contributed by atoms with E-state index in [0.29, 0.717) is 0 Å². The number of hydrogen-bond acceptors (Lipinski definition) is 5. The zero-order chi connectivity index (χ0) is 18.6. The van der Waals surface area contributed by atoms with E-state index < -0.39 is 0 Å². The lowest BCUT2D eigenvalue weighted by atomic mass is 9.93. The molecular formula is C21H33N5. The van der Waals surface area contributed by atoms with Crippen molar-refractivity contribution in [3.05, 3.63) is 24.3 Å². The fraction of sp³-hybridized carbons (Fsp3) is 0.619. The number of rotatable bonds is 6. The van der Waals surface area contributed by atoms with Gasteiger partial charge in [-0.2, -0.15) is 4.98 Å². The summed E-state index contributed by atoms with van der Waals surface area (Å²) in [4.78, 5) is 14.4. The van der Waals surface area contributed by atoms with Crippen LogP contribution in [-0.4, -0.2) is 55.1 Å². The zero-order valence-electron chi connectivity index (χ0n) is 16.8. The van der Waals surface area contributed by atoms with E-state index in [9.17, 15) is 0 Å². The first kappa shape index (κ1) is 18.9. The van der Waals surface area contributed by atoms with Crippen molar-refractivity contribution in [2.75, 3.05) is 50.5 Å². The van der Waals surface area contributed by atoms with Gasteiger partial charge in [0.1, 0.15) is 5.82 Å². The molecule has 0 spiro atoms. The maximum Gasteiger partial charge on any atom is 0.225 e. The van der Waals surface area contributed by atoms with Gasteiger partial charge in [-0.25, -0.2) is 4.98 Å². The molecule has 1 saturated heterocycles. The first-order valence-electron chi connectivity index (χ1n) is 9.85. The molecule has 0 saturated carbocycles. The van der Waals surface area contributed by atoms with E-state index >= 15 is 0 Å². The van der Waals surface area contributed by atoms with Crippen LogP contribution in [-0.2, 0) is 0 Å². The molecule has 2 heterocycles. The van der Waals surface area contributed by atoms with Crippen molar-refractivity contribution in [1.29, 1.82) is 0 Å². The lowest BCUT2D eigenvalue weighted by Gasteiger charge is -2.29. The van der Waals surface area contributed by atoms with Crippen molar-refractivity contribution in [2.45, 2.75) is 39.5 Å². The normalized spacial score (nSPS) is 16.1. The maximum absolute atomic E-state index is 4.94. The van der Waals surface area contributed by atoms with Crippen LogP contribution in [0.15, 0.2) is 24.3 Å². The Morgan fingerprint density at radius 3 is 2.42 bits per heavy atom. The molecule has 1 N–H and O–H groups in total. The molecule has 1 fully saturated rings. The number of nitrogens with zero attached hydrogens (tertiary/aromatic N) is 4. The molecule has 0 bridgehead atoms. The highest BCUT2D eigenvalue weighted by molar-refractivity contribution is 5.90. The Morgan fingerprint density at radius 1 is 1.04 bits per heavy atom. The Hall–Kier alpha value is -1.88.